The van der Waals surface area contributed by atoms with Crippen molar-refractivity contribution in [1.82, 2.24) is 10.2 Å². The molecule has 0 radical (unpaired) electrons. The summed E-state index contributed by atoms with van der Waals surface area (Å²) in [5, 5.41) is 3.03. The molecule has 2 aromatic rings. The van der Waals surface area contributed by atoms with Crippen LogP contribution in [0.15, 0.2) is 42.5 Å². The monoisotopic (exact) mass is 467 g/mol. The first-order chi connectivity index (χ1) is 16.3. The SMILES string of the molecule is CCCCNC(=O)C1c2ccc(OC)cc2OC(C(C)C)C(=O)N1Cc1ccc(N(C)C)cc1. The minimum atomic E-state index is -0.803. The van der Waals surface area contributed by atoms with Gasteiger partial charge in [0.1, 0.15) is 17.5 Å². The summed E-state index contributed by atoms with van der Waals surface area (Å²) in [4.78, 5) is 31.0. The number of hydrogen-bond donors (Lipinski definition) is 1. The van der Waals surface area contributed by atoms with Gasteiger partial charge in [-0.2, -0.15) is 0 Å². The molecule has 7 nitrogen and oxygen atoms in total. The molecule has 2 unspecified atom stereocenters. The summed E-state index contributed by atoms with van der Waals surface area (Å²) in [6, 6.07) is 12.6. The normalized spacial score (nSPS) is 17.6. The Labute approximate surface area is 203 Å². The quantitative estimate of drug-likeness (QED) is 0.561. The predicted molar refractivity (Wildman–Crippen MR) is 134 cm³/mol. The van der Waals surface area contributed by atoms with Gasteiger partial charge in [-0.15, -0.1) is 0 Å². The summed E-state index contributed by atoms with van der Waals surface area (Å²) in [6.45, 7) is 6.84. The Morgan fingerprint density at radius 2 is 1.88 bits per heavy atom. The first kappa shape index (κ1) is 25.4. The van der Waals surface area contributed by atoms with Crippen LogP contribution in [-0.2, 0) is 16.1 Å². The maximum Gasteiger partial charge on any atom is 0.265 e. The predicted octanol–water partition coefficient (Wildman–Crippen LogP) is 4.16. The van der Waals surface area contributed by atoms with Crippen LogP contribution in [0.4, 0.5) is 5.69 Å². The summed E-state index contributed by atoms with van der Waals surface area (Å²) >= 11 is 0. The van der Waals surface area contributed by atoms with E-state index in [2.05, 4.69) is 12.2 Å². The van der Waals surface area contributed by atoms with Crippen LogP contribution in [0, 0.1) is 5.92 Å². The molecule has 1 aliphatic heterocycles. The molecular formula is C27H37N3O4. The molecule has 0 spiro atoms. The van der Waals surface area contributed by atoms with Gasteiger partial charge in [0.2, 0.25) is 5.91 Å². The van der Waals surface area contributed by atoms with Crippen LogP contribution in [0.1, 0.15) is 50.8 Å². The Kier molecular flexibility index (Phi) is 8.42. The number of carbonyl (C=O) groups excluding carboxylic acids is 2. The fourth-order valence-electron chi connectivity index (χ4n) is 4.07. The lowest BCUT2D eigenvalue weighted by molar-refractivity contribution is -0.147. The van der Waals surface area contributed by atoms with Crippen LogP contribution in [0.2, 0.25) is 0 Å². The van der Waals surface area contributed by atoms with E-state index < -0.39 is 12.1 Å². The van der Waals surface area contributed by atoms with Crippen molar-refractivity contribution in [2.24, 2.45) is 5.92 Å². The number of rotatable bonds is 9. The van der Waals surface area contributed by atoms with E-state index in [0.29, 0.717) is 30.2 Å². The van der Waals surface area contributed by atoms with Gasteiger partial charge in [0.05, 0.1) is 7.11 Å². The minimum Gasteiger partial charge on any atom is -0.497 e. The smallest absolute Gasteiger partial charge is 0.265 e. The summed E-state index contributed by atoms with van der Waals surface area (Å²) in [5.74, 6) is 0.648. The van der Waals surface area contributed by atoms with Crippen LogP contribution >= 0.6 is 0 Å². The molecule has 2 aromatic carbocycles. The molecule has 0 aromatic heterocycles. The zero-order valence-electron chi connectivity index (χ0n) is 21.1. The van der Waals surface area contributed by atoms with Crippen molar-refractivity contribution in [3.05, 3.63) is 53.6 Å². The molecule has 0 aliphatic carbocycles. The average molecular weight is 468 g/mol. The number of unbranched alkanes of at least 4 members (excludes halogenated alkanes) is 1. The summed E-state index contributed by atoms with van der Waals surface area (Å²) in [6.07, 6.45) is 1.14. The number of anilines is 1. The molecule has 7 heteroatoms. The van der Waals surface area contributed by atoms with Crippen molar-refractivity contribution < 1.29 is 19.1 Å². The topological polar surface area (TPSA) is 71.1 Å². The third kappa shape index (κ3) is 5.64. The number of benzene rings is 2. The maximum absolute atomic E-state index is 13.8. The van der Waals surface area contributed by atoms with E-state index in [1.54, 1.807) is 24.1 Å². The molecular weight excluding hydrogens is 430 g/mol. The summed E-state index contributed by atoms with van der Waals surface area (Å²) in [5.41, 5.74) is 2.68. The highest BCUT2D eigenvalue weighted by molar-refractivity contribution is 5.92. The number of hydrogen-bond acceptors (Lipinski definition) is 5. The maximum atomic E-state index is 13.8. The number of amides is 2. The van der Waals surface area contributed by atoms with E-state index in [9.17, 15) is 9.59 Å². The molecule has 0 fully saturated rings. The number of nitrogens with zero attached hydrogens (tertiary/aromatic N) is 2. The molecule has 3 rings (SSSR count). The Morgan fingerprint density at radius 3 is 2.47 bits per heavy atom. The number of ether oxygens (including phenoxy) is 2. The van der Waals surface area contributed by atoms with E-state index in [0.717, 1.165) is 24.1 Å². The van der Waals surface area contributed by atoms with Gasteiger partial charge in [-0.1, -0.05) is 39.3 Å². The van der Waals surface area contributed by atoms with Gasteiger partial charge >= 0.3 is 0 Å². The molecule has 34 heavy (non-hydrogen) atoms. The van der Waals surface area contributed by atoms with E-state index in [4.69, 9.17) is 9.47 Å². The minimum absolute atomic E-state index is 0.0768. The van der Waals surface area contributed by atoms with Crippen molar-refractivity contribution >= 4 is 17.5 Å². The molecule has 1 aliphatic rings. The first-order valence-corrected chi connectivity index (χ1v) is 12.0. The average Bonchev–Trinajstić information content (AvgIpc) is 2.93. The van der Waals surface area contributed by atoms with E-state index in [1.807, 2.05) is 63.2 Å². The Balaban J connectivity index is 2.07. The van der Waals surface area contributed by atoms with Crippen molar-refractivity contribution in [2.45, 2.75) is 52.3 Å². The van der Waals surface area contributed by atoms with Gasteiger partial charge < -0.3 is 24.6 Å². The number of carbonyl (C=O) groups is 2. The molecule has 0 saturated carbocycles. The van der Waals surface area contributed by atoms with E-state index in [-0.39, 0.29) is 17.7 Å². The first-order valence-electron chi connectivity index (χ1n) is 12.0. The van der Waals surface area contributed by atoms with Gasteiger partial charge in [0.25, 0.3) is 5.91 Å². The standard InChI is InChI=1S/C27H37N3O4/c1-7-8-15-28-26(31)24-22-14-13-21(33-6)16-23(22)34-25(18(2)3)27(32)30(24)17-19-9-11-20(12-10-19)29(4)5/h9-14,16,18,24-25H,7-8,15,17H2,1-6H3,(H,28,31). The number of methoxy groups -OCH3 is 1. The van der Waals surface area contributed by atoms with Gasteiger partial charge in [0, 0.05) is 44.5 Å². The van der Waals surface area contributed by atoms with Crippen LogP contribution in [-0.4, -0.2) is 50.6 Å². The Bertz CT molecular complexity index is 988. The zero-order chi connectivity index (χ0) is 24.8. The molecule has 1 N–H and O–H groups in total. The van der Waals surface area contributed by atoms with Crippen LogP contribution < -0.4 is 19.7 Å². The second-order valence-corrected chi connectivity index (χ2v) is 9.26. The van der Waals surface area contributed by atoms with E-state index in [1.165, 1.54) is 0 Å². The van der Waals surface area contributed by atoms with Crippen LogP contribution in [0.25, 0.3) is 0 Å². The second-order valence-electron chi connectivity index (χ2n) is 9.26. The molecule has 184 valence electrons. The molecule has 0 bridgehead atoms. The fraction of sp³-hybridized carbons (Fsp3) is 0.481. The lowest BCUT2D eigenvalue weighted by Crippen LogP contribution is -2.48. The van der Waals surface area contributed by atoms with Gasteiger partial charge in [-0.3, -0.25) is 9.59 Å². The fourth-order valence-corrected chi connectivity index (χ4v) is 4.07. The third-order valence-electron chi connectivity index (χ3n) is 6.10. The highest BCUT2D eigenvalue weighted by Crippen LogP contribution is 2.39. The van der Waals surface area contributed by atoms with Crippen molar-refractivity contribution in [3.8, 4) is 11.5 Å². The molecule has 2 atom stereocenters. The summed E-state index contributed by atoms with van der Waals surface area (Å²) in [7, 11) is 5.56. The van der Waals surface area contributed by atoms with Gasteiger partial charge in [0.15, 0.2) is 6.10 Å². The van der Waals surface area contributed by atoms with Crippen molar-refractivity contribution in [1.29, 1.82) is 0 Å². The largest absolute Gasteiger partial charge is 0.497 e. The molecule has 1 heterocycles. The van der Waals surface area contributed by atoms with E-state index >= 15 is 0 Å². The highest BCUT2D eigenvalue weighted by atomic mass is 16.5. The summed E-state index contributed by atoms with van der Waals surface area (Å²) < 4.78 is 11.6. The highest BCUT2D eigenvalue weighted by Gasteiger charge is 2.42. The number of fused-ring (bicyclic) bond motifs is 1. The second kappa shape index (κ2) is 11.3. The molecule has 0 saturated heterocycles. The lowest BCUT2D eigenvalue weighted by atomic mass is 10.0. The van der Waals surface area contributed by atoms with Crippen molar-refractivity contribution in [2.75, 3.05) is 32.6 Å². The third-order valence-corrected chi connectivity index (χ3v) is 6.10. The lowest BCUT2D eigenvalue weighted by Gasteiger charge is -2.31. The van der Waals surface area contributed by atoms with Gasteiger partial charge in [-0.05, 0) is 42.2 Å². The Hall–Kier alpha value is -3.22. The molecule has 2 amide bonds. The van der Waals surface area contributed by atoms with Gasteiger partial charge in [-0.25, -0.2) is 0 Å². The zero-order valence-corrected chi connectivity index (χ0v) is 21.1. The van der Waals surface area contributed by atoms with Crippen LogP contribution in [0.3, 0.4) is 0 Å². The van der Waals surface area contributed by atoms with Crippen molar-refractivity contribution in [3.63, 3.8) is 0 Å². The number of nitrogens with one attached hydrogen (secondary N) is 1. The Morgan fingerprint density at radius 1 is 1.18 bits per heavy atom. The van der Waals surface area contributed by atoms with Crippen LogP contribution in [0.5, 0.6) is 11.5 Å².